The highest BCUT2D eigenvalue weighted by Crippen LogP contribution is 2.26. The van der Waals surface area contributed by atoms with E-state index in [1.165, 1.54) is 0 Å². The third-order valence-electron chi connectivity index (χ3n) is 2.24. The number of hydrogen-bond donors (Lipinski definition) is 1. The molecule has 0 spiro atoms. The highest BCUT2D eigenvalue weighted by molar-refractivity contribution is 7.84. The smallest absolute Gasteiger partial charge is 0.236 e. The van der Waals surface area contributed by atoms with Crippen molar-refractivity contribution in [1.82, 2.24) is 4.98 Å². The van der Waals surface area contributed by atoms with E-state index in [9.17, 15) is 4.21 Å². The number of nitrogens with zero attached hydrogens (tertiary/aromatic N) is 1. The zero-order valence-electron chi connectivity index (χ0n) is 9.38. The highest BCUT2D eigenvalue weighted by atomic mass is 32.2. The van der Waals surface area contributed by atoms with Crippen molar-refractivity contribution in [1.29, 1.82) is 0 Å². The molecule has 2 heterocycles. The van der Waals surface area contributed by atoms with Crippen LogP contribution in [-0.2, 0) is 16.6 Å². The minimum Gasteiger partial charge on any atom is -0.440 e. The third kappa shape index (κ3) is 3.02. The zero-order chi connectivity index (χ0) is 12.3. The summed E-state index contributed by atoms with van der Waals surface area (Å²) in [6.07, 6.45) is 0. The molecule has 1 atom stereocenters. The van der Waals surface area contributed by atoms with Gasteiger partial charge in [-0.05, 0) is 18.4 Å². The maximum absolute atomic E-state index is 11.5. The lowest BCUT2D eigenvalue weighted by molar-refractivity contribution is 0.321. The molecule has 0 amide bonds. The van der Waals surface area contributed by atoms with Gasteiger partial charge in [0.15, 0.2) is 0 Å². The van der Waals surface area contributed by atoms with Gasteiger partial charge in [-0.1, -0.05) is 6.07 Å². The quantitative estimate of drug-likeness (QED) is 0.903. The van der Waals surface area contributed by atoms with Crippen molar-refractivity contribution in [3.63, 3.8) is 0 Å². The van der Waals surface area contributed by atoms with Crippen LogP contribution in [0.5, 0.6) is 0 Å². The number of aliphatic hydroxyl groups excluding tert-OH is 1. The first-order chi connectivity index (χ1) is 8.20. The Labute approximate surface area is 106 Å². The third-order valence-corrected chi connectivity index (χ3v) is 4.33. The maximum atomic E-state index is 11.5. The van der Waals surface area contributed by atoms with E-state index in [2.05, 4.69) is 4.98 Å². The summed E-state index contributed by atoms with van der Waals surface area (Å²) >= 11 is 1.56. The Bertz CT molecular complexity index is 505. The van der Waals surface area contributed by atoms with Crippen molar-refractivity contribution < 1.29 is 13.7 Å². The Morgan fingerprint density at radius 2 is 2.41 bits per heavy atom. The molecule has 4 nitrogen and oxygen atoms in total. The zero-order valence-corrected chi connectivity index (χ0v) is 11.0. The lowest BCUT2D eigenvalue weighted by atomic mass is 10.4. The van der Waals surface area contributed by atoms with Crippen LogP contribution in [0.2, 0.25) is 0 Å². The number of oxazole rings is 1. The normalized spacial score (nSPS) is 12.8. The first-order valence-corrected chi connectivity index (χ1v) is 7.53. The lowest BCUT2D eigenvalue weighted by Gasteiger charge is -1.96. The van der Waals surface area contributed by atoms with E-state index in [1.807, 2.05) is 24.4 Å². The molecule has 0 radical (unpaired) electrons. The molecular formula is C11H13NO3S2. The summed E-state index contributed by atoms with van der Waals surface area (Å²) in [4.78, 5) is 5.31. The summed E-state index contributed by atoms with van der Waals surface area (Å²) in [6.45, 7) is 1.75. The first-order valence-electron chi connectivity index (χ1n) is 5.16. The fraction of sp³-hybridized carbons (Fsp3) is 0.364. The second kappa shape index (κ2) is 5.57. The van der Waals surface area contributed by atoms with E-state index in [0.29, 0.717) is 23.1 Å². The molecule has 0 saturated heterocycles. The van der Waals surface area contributed by atoms with Crippen molar-refractivity contribution >= 4 is 22.1 Å². The fourth-order valence-electron chi connectivity index (χ4n) is 1.39. The summed E-state index contributed by atoms with van der Waals surface area (Å²) in [6, 6.07) is 3.87. The van der Waals surface area contributed by atoms with Gasteiger partial charge in [-0.2, -0.15) is 0 Å². The second-order valence-corrected chi connectivity index (χ2v) is 6.04. The Morgan fingerprint density at radius 3 is 3.06 bits per heavy atom. The van der Waals surface area contributed by atoms with E-state index in [0.717, 1.165) is 4.88 Å². The summed E-state index contributed by atoms with van der Waals surface area (Å²) in [7, 11) is -1.08. The SMILES string of the molecule is Cc1oc(-c2cccs2)nc1C[S@@](=O)CCO. The fourth-order valence-corrected chi connectivity index (χ4v) is 2.96. The molecule has 2 rings (SSSR count). The van der Waals surface area contributed by atoms with E-state index in [1.54, 1.807) is 11.3 Å². The Balaban J connectivity index is 2.17. The van der Waals surface area contributed by atoms with Crippen molar-refractivity contribution in [2.45, 2.75) is 12.7 Å². The van der Waals surface area contributed by atoms with Crippen LogP contribution in [0, 0.1) is 6.92 Å². The van der Waals surface area contributed by atoms with Crippen molar-refractivity contribution in [3.05, 3.63) is 29.0 Å². The van der Waals surface area contributed by atoms with Crippen LogP contribution in [0.3, 0.4) is 0 Å². The number of aliphatic hydroxyl groups is 1. The Kier molecular flexibility index (Phi) is 4.09. The molecule has 92 valence electrons. The average molecular weight is 271 g/mol. The molecule has 6 heteroatoms. The van der Waals surface area contributed by atoms with Crippen LogP contribution < -0.4 is 0 Å². The monoisotopic (exact) mass is 271 g/mol. The van der Waals surface area contributed by atoms with E-state index < -0.39 is 10.8 Å². The molecule has 2 aromatic heterocycles. The van der Waals surface area contributed by atoms with Gasteiger partial charge in [-0.3, -0.25) is 4.21 Å². The van der Waals surface area contributed by atoms with Gasteiger partial charge < -0.3 is 9.52 Å². The molecule has 0 aliphatic carbocycles. The Morgan fingerprint density at radius 1 is 1.59 bits per heavy atom. The van der Waals surface area contributed by atoms with E-state index in [-0.39, 0.29) is 12.4 Å². The van der Waals surface area contributed by atoms with Crippen LogP contribution in [0.15, 0.2) is 21.9 Å². The van der Waals surface area contributed by atoms with Crippen LogP contribution in [0.4, 0.5) is 0 Å². The maximum Gasteiger partial charge on any atom is 0.236 e. The van der Waals surface area contributed by atoms with Crippen LogP contribution in [-0.4, -0.2) is 26.7 Å². The minimum absolute atomic E-state index is 0.0682. The second-order valence-electron chi connectivity index (χ2n) is 3.51. The van der Waals surface area contributed by atoms with Crippen molar-refractivity contribution in [2.24, 2.45) is 0 Å². The van der Waals surface area contributed by atoms with Gasteiger partial charge in [0, 0.05) is 16.6 Å². The van der Waals surface area contributed by atoms with Gasteiger partial charge in [0.05, 0.1) is 22.9 Å². The van der Waals surface area contributed by atoms with E-state index in [4.69, 9.17) is 9.52 Å². The first kappa shape index (κ1) is 12.5. The lowest BCUT2D eigenvalue weighted by Crippen LogP contribution is -2.05. The van der Waals surface area contributed by atoms with E-state index >= 15 is 0 Å². The molecule has 17 heavy (non-hydrogen) atoms. The summed E-state index contributed by atoms with van der Waals surface area (Å²) < 4.78 is 17.1. The molecule has 2 aromatic rings. The minimum atomic E-state index is -1.08. The number of rotatable bonds is 5. The van der Waals surface area contributed by atoms with Crippen LogP contribution in [0.25, 0.3) is 10.8 Å². The molecule has 0 bridgehead atoms. The van der Waals surface area contributed by atoms with Crippen molar-refractivity contribution in [2.75, 3.05) is 12.4 Å². The number of hydrogen-bond acceptors (Lipinski definition) is 5. The summed E-state index contributed by atoms with van der Waals surface area (Å²) in [5.41, 5.74) is 0.709. The average Bonchev–Trinajstić information content (AvgIpc) is 2.89. The van der Waals surface area contributed by atoms with Gasteiger partial charge in [0.2, 0.25) is 5.89 Å². The van der Waals surface area contributed by atoms with Gasteiger partial charge in [0.25, 0.3) is 0 Å². The summed E-state index contributed by atoms with van der Waals surface area (Å²) in [5, 5.41) is 10.7. The standard InChI is InChI=1S/C11H13NO3S2/c1-8-9(7-17(14)6-4-13)12-11(15-8)10-3-2-5-16-10/h2-3,5,13H,4,6-7H2,1H3/t17-/m0/s1. The van der Waals surface area contributed by atoms with Gasteiger partial charge in [-0.25, -0.2) is 4.98 Å². The molecule has 0 unspecified atom stereocenters. The molecule has 0 aromatic carbocycles. The van der Waals surface area contributed by atoms with Crippen LogP contribution >= 0.6 is 11.3 Å². The Hall–Kier alpha value is -0.980. The van der Waals surface area contributed by atoms with Crippen LogP contribution in [0.1, 0.15) is 11.5 Å². The van der Waals surface area contributed by atoms with Gasteiger partial charge in [0.1, 0.15) is 5.76 Å². The highest BCUT2D eigenvalue weighted by Gasteiger charge is 2.14. The molecule has 1 N–H and O–H groups in total. The number of thiophene rings is 1. The topological polar surface area (TPSA) is 63.3 Å². The van der Waals surface area contributed by atoms with Gasteiger partial charge in [-0.15, -0.1) is 11.3 Å². The predicted octanol–water partition coefficient (Wildman–Crippen LogP) is 1.95. The molecular weight excluding hydrogens is 258 g/mol. The summed E-state index contributed by atoms with van der Waals surface area (Å²) in [5.74, 6) is 1.88. The number of aromatic nitrogens is 1. The number of aryl methyl sites for hydroxylation is 1. The predicted molar refractivity (Wildman–Crippen MR) is 68.4 cm³/mol. The molecule has 0 saturated carbocycles. The largest absolute Gasteiger partial charge is 0.440 e. The van der Waals surface area contributed by atoms with Gasteiger partial charge >= 0.3 is 0 Å². The molecule has 0 aliphatic heterocycles. The molecule has 0 aliphatic rings. The molecule has 0 fully saturated rings. The van der Waals surface area contributed by atoms with Crippen molar-refractivity contribution in [3.8, 4) is 10.8 Å².